The van der Waals surface area contributed by atoms with Crippen LogP contribution >= 0.6 is 15.6 Å². The number of carbonyl (C=O) groups excluding carboxylic acids is 3. The Balaban J connectivity index is 4.80. The molecule has 0 aromatic carbocycles. The average molecular weight is 1360 g/mol. The largest absolute Gasteiger partial charge is 0.472 e. The van der Waals surface area contributed by atoms with Gasteiger partial charge in [-0.15, -0.1) is 0 Å². The first-order valence-corrected chi connectivity index (χ1v) is 37.7. The topological polar surface area (TPSA) is 231 Å². The Bertz CT molecular complexity index is 2510. The minimum Gasteiger partial charge on any atom is -0.463 e. The summed E-state index contributed by atoms with van der Waals surface area (Å²) in [5.74, 6) is -1.77. The minimum atomic E-state index is -4.97. The van der Waals surface area contributed by atoms with Crippen molar-refractivity contribution in [3.05, 3.63) is 194 Å². The molecule has 0 saturated heterocycles. The van der Waals surface area contributed by atoms with Gasteiger partial charge in [-0.2, -0.15) is 0 Å². The Morgan fingerprint density at radius 2 is 0.558 bits per heavy atom. The third-order valence-corrected chi connectivity index (χ3v) is 15.2. The Morgan fingerprint density at radius 3 is 0.926 bits per heavy atom. The van der Waals surface area contributed by atoms with Gasteiger partial charge in [-0.3, -0.25) is 32.5 Å². The lowest BCUT2D eigenvalue weighted by atomic mass is 10.1. The fraction of sp³-hybridized carbons (Fsp3) is 0.545. The monoisotopic (exact) mass is 1360 g/mol. The van der Waals surface area contributed by atoms with E-state index in [0.717, 1.165) is 141 Å². The number of unbranched alkanes of at least 4 members (excludes halogenated alkanes) is 8. The number of esters is 3. The van der Waals surface area contributed by atoms with Crippen LogP contribution in [0.25, 0.3) is 0 Å². The lowest BCUT2D eigenvalue weighted by Crippen LogP contribution is -2.30. The molecular formula is C77H120O16P2. The maximum absolute atomic E-state index is 12.9. The molecule has 16 nitrogen and oxygen atoms in total. The molecule has 5 atom stereocenters. The lowest BCUT2D eigenvalue weighted by Gasteiger charge is -2.21. The molecule has 0 saturated carbocycles. The molecule has 18 heteroatoms. The van der Waals surface area contributed by atoms with Crippen molar-refractivity contribution >= 4 is 33.6 Å². The van der Waals surface area contributed by atoms with E-state index in [1.165, 1.54) is 0 Å². The zero-order chi connectivity index (χ0) is 69.5. The van der Waals surface area contributed by atoms with E-state index < -0.39 is 91.5 Å². The predicted octanol–water partition coefficient (Wildman–Crippen LogP) is 19.6. The minimum absolute atomic E-state index is 0.00131. The zero-order valence-electron chi connectivity index (χ0n) is 57.7. The van der Waals surface area contributed by atoms with Crippen LogP contribution in [0.3, 0.4) is 0 Å². The summed E-state index contributed by atoms with van der Waals surface area (Å²) >= 11 is 0. The summed E-state index contributed by atoms with van der Waals surface area (Å²) in [6.45, 7) is 2.11. The molecule has 0 bridgehead atoms. The second-order valence-corrected chi connectivity index (χ2v) is 25.1. The summed E-state index contributed by atoms with van der Waals surface area (Å²) in [6.07, 6.45) is 87.9. The highest BCUT2D eigenvalue weighted by atomic mass is 31.2. The number of hydrogen-bond acceptors (Lipinski definition) is 14. The molecule has 95 heavy (non-hydrogen) atoms. The Kier molecular flexibility index (Phi) is 64.3. The molecule has 0 amide bonds. The van der Waals surface area contributed by atoms with E-state index in [4.69, 9.17) is 32.3 Å². The van der Waals surface area contributed by atoms with Gasteiger partial charge in [0.1, 0.15) is 25.4 Å². The van der Waals surface area contributed by atoms with Crippen LogP contribution in [0, 0.1) is 0 Å². The lowest BCUT2D eigenvalue weighted by molar-refractivity contribution is -0.161. The molecular weight excluding hydrogens is 1240 g/mol. The summed E-state index contributed by atoms with van der Waals surface area (Å²) < 4.78 is 60.8. The van der Waals surface area contributed by atoms with E-state index in [9.17, 15) is 43.5 Å². The standard InChI is InChI=1S/C77H120O16P2/c1-4-7-10-13-16-19-22-25-28-31-33-34-35-36-38-41-42-45-48-51-54-57-60-63-75(80)87-66-72(78)67-89-94(83,84)90-68-73(79)69-91-95(85,86)92-71-74(93-77(82)65-62-59-56-53-50-47-44-39-30-27-24-21-18-15-12-9-6-3)70-88-76(81)64-61-58-55-52-49-46-43-40-37-32-29-26-23-20-17-14-11-8-5-2/h7-12,16-21,25-30,33-34,36-38,40,44,46-47,49,53,55-56,58,72-74,78-79H,4-6,13-15,22-24,31-32,35,39,41-43,45,48,50-52,54,57,59-71H2,1-3H3,(H,83,84)(H,85,86)/b10-7-,11-8-,12-9-,19-16-,20-17-,21-18-,28-25-,29-26-,30-27-,34-33-,38-36-,40-37-,47-44-,49-46-,56-53-,58-55-. The number of carbonyl (C=O) groups is 3. The number of aliphatic hydroxyl groups excluding tert-OH is 2. The summed E-state index contributed by atoms with van der Waals surface area (Å²) in [6, 6.07) is 0. The number of rotatable bonds is 63. The molecule has 0 rings (SSSR count). The molecule has 0 radical (unpaired) electrons. The first-order chi connectivity index (χ1) is 46.2. The van der Waals surface area contributed by atoms with Crippen molar-refractivity contribution in [1.82, 2.24) is 0 Å². The fourth-order valence-electron chi connectivity index (χ4n) is 8.13. The van der Waals surface area contributed by atoms with Crippen LogP contribution in [0.4, 0.5) is 0 Å². The molecule has 0 aromatic heterocycles. The van der Waals surface area contributed by atoms with Gasteiger partial charge in [0.05, 0.1) is 26.4 Å². The van der Waals surface area contributed by atoms with Crippen LogP contribution in [0.5, 0.6) is 0 Å². The van der Waals surface area contributed by atoms with Crippen molar-refractivity contribution in [3.8, 4) is 0 Å². The van der Waals surface area contributed by atoms with E-state index in [0.29, 0.717) is 32.1 Å². The van der Waals surface area contributed by atoms with Gasteiger partial charge in [0.25, 0.3) is 0 Å². The number of ether oxygens (including phenoxy) is 3. The molecule has 0 aliphatic rings. The molecule has 0 aromatic rings. The maximum atomic E-state index is 12.9. The third kappa shape index (κ3) is 69.6. The number of allylic oxidation sites excluding steroid dienone is 32. The highest BCUT2D eigenvalue weighted by Crippen LogP contribution is 2.45. The van der Waals surface area contributed by atoms with Crippen LogP contribution in [-0.4, -0.2) is 95.9 Å². The Morgan fingerprint density at radius 1 is 0.295 bits per heavy atom. The van der Waals surface area contributed by atoms with Gasteiger partial charge in [-0.25, -0.2) is 9.13 Å². The predicted molar refractivity (Wildman–Crippen MR) is 389 cm³/mol. The molecule has 0 aliphatic heterocycles. The number of aliphatic hydroxyl groups is 2. The number of hydrogen-bond donors (Lipinski definition) is 4. The molecule has 4 N–H and O–H groups in total. The van der Waals surface area contributed by atoms with E-state index >= 15 is 0 Å². The van der Waals surface area contributed by atoms with Crippen LogP contribution in [-0.2, 0) is 55.8 Å². The molecule has 0 heterocycles. The molecule has 5 unspecified atom stereocenters. The van der Waals surface area contributed by atoms with Gasteiger partial charge in [-0.1, -0.05) is 247 Å². The quantitative estimate of drug-likeness (QED) is 0.0146. The highest BCUT2D eigenvalue weighted by molar-refractivity contribution is 7.47. The summed E-state index contributed by atoms with van der Waals surface area (Å²) in [4.78, 5) is 58.4. The van der Waals surface area contributed by atoms with Crippen LogP contribution in [0.15, 0.2) is 194 Å². The van der Waals surface area contributed by atoms with Crippen LogP contribution < -0.4 is 0 Å². The van der Waals surface area contributed by atoms with Gasteiger partial charge in [0.15, 0.2) is 6.10 Å². The zero-order valence-corrected chi connectivity index (χ0v) is 59.5. The van der Waals surface area contributed by atoms with Crippen LogP contribution in [0.2, 0.25) is 0 Å². The van der Waals surface area contributed by atoms with E-state index in [1.54, 1.807) is 0 Å². The van der Waals surface area contributed by atoms with Crippen molar-refractivity contribution in [2.45, 2.75) is 232 Å². The maximum Gasteiger partial charge on any atom is 0.472 e. The molecule has 0 aliphatic carbocycles. The first kappa shape index (κ1) is 89.4. The second-order valence-electron chi connectivity index (χ2n) is 22.2. The average Bonchev–Trinajstić information content (AvgIpc) is 2.35. The Labute approximate surface area is 572 Å². The summed E-state index contributed by atoms with van der Waals surface area (Å²) in [5.41, 5.74) is 0. The highest BCUT2D eigenvalue weighted by Gasteiger charge is 2.29. The van der Waals surface area contributed by atoms with Crippen molar-refractivity contribution in [2.75, 3.05) is 39.6 Å². The van der Waals surface area contributed by atoms with Gasteiger partial charge >= 0.3 is 33.6 Å². The van der Waals surface area contributed by atoms with Gasteiger partial charge in [0, 0.05) is 19.3 Å². The SMILES string of the molecule is CC/C=C\C/C=C\C/C=C\C/C=C\C/C=C\C/C=C\CCC(=O)OCC(COP(=O)(O)OCC(O)COP(=O)(O)OCC(O)COC(=O)CCCCCCCCC/C=C\C/C=C\C/C=C\C/C=C\C/C=C\CC)OC(=O)CCC/C=C\C/C=C\C/C=C\C/C=C\C/C=C\CC. The van der Waals surface area contributed by atoms with E-state index in [-0.39, 0.29) is 19.3 Å². The van der Waals surface area contributed by atoms with Crippen molar-refractivity contribution < 1.29 is 75.8 Å². The molecule has 0 fully saturated rings. The smallest absolute Gasteiger partial charge is 0.463 e. The van der Waals surface area contributed by atoms with Crippen molar-refractivity contribution in [2.24, 2.45) is 0 Å². The van der Waals surface area contributed by atoms with Gasteiger partial charge in [-0.05, 0) is 141 Å². The third-order valence-electron chi connectivity index (χ3n) is 13.3. The summed E-state index contributed by atoms with van der Waals surface area (Å²) in [5, 5.41) is 20.6. The van der Waals surface area contributed by atoms with Gasteiger partial charge < -0.3 is 34.2 Å². The first-order valence-electron chi connectivity index (χ1n) is 34.7. The van der Waals surface area contributed by atoms with Crippen molar-refractivity contribution in [3.63, 3.8) is 0 Å². The summed E-state index contributed by atoms with van der Waals surface area (Å²) in [7, 11) is -9.84. The van der Waals surface area contributed by atoms with E-state index in [1.807, 2.05) is 30.4 Å². The van der Waals surface area contributed by atoms with Gasteiger partial charge in [0.2, 0.25) is 0 Å². The fourth-order valence-corrected chi connectivity index (χ4v) is 9.71. The second kappa shape index (κ2) is 68.3. The molecule has 0 spiro atoms. The van der Waals surface area contributed by atoms with E-state index in [2.05, 4.69) is 185 Å². The molecule has 534 valence electrons. The Hall–Kier alpha value is -5.61. The normalized spacial score (nSPS) is 15.3. The van der Waals surface area contributed by atoms with Crippen molar-refractivity contribution in [1.29, 1.82) is 0 Å². The number of phosphoric ester groups is 2. The van der Waals surface area contributed by atoms with Crippen LogP contribution in [0.1, 0.15) is 213 Å². The number of phosphoric acid groups is 2.